The van der Waals surface area contributed by atoms with Crippen molar-refractivity contribution in [3.8, 4) is 0 Å². The largest absolute Gasteiger partial charge is 0.468 e. The molecule has 0 aliphatic carbocycles. The number of nitrogens with two attached hydrogens (primary N) is 1. The molecule has 4 nitrogen and oxygen atoms in total. The fourth-order valence-electron chi connectivity index (χ4n) is 2.87. The number of para-hydroxylation sites is 1. The summed E-state index contributed by atoms with van der Waals surface area (Å²) in [5, 5.41) is 2.29. The van der Waals surface area contributed by atoms with E-state index in [1.807, 2.05) is 30.3 Å². The molecule has 1 aromatic heterocycles. The summed E-state index contributed by atoms with van der Waals surface area (Å²) in [6.45, 7) is 3.02. The minimum absolute atomic E-state index is 0.423. The molecule has 1 atom stereocenters. The minimum atomic E-state index is -0.747. The van der Waals surface area contributed by atoms with Crippen LogP contribution in [0.3, 0.4) is 0 Å². The molecule has 2 aromatic carbocycles. The number of carbonyl (C=O) groups is 1. The topological polar surface area (TPSA) is 57.2 Å². The van der Waals surface area contributed by atoms with Gasteiger partial charge in [-0.2, -0.15) is 0 Å². The summed E-state index contributed by atoms with van der Waals surface area (Å²) in [6, 6.07) is 13.4. The monoisotopic (exact) mass is 282 g/mol. The van der Waals surface area contributed by atoms with Crippen molar-refractivity contribution in [1.29, 1.82) is 0 Å². The molecule has 0 saturated carbocycles. The van der Waals surface area contributed by atoms with Crippen molar-refractivity contribution in [3.63, 3.8) is 0 Å². The third-order valence-electron chi connectivity index (χ3n) is 3.93. The first-order valence-electron chi connectivity index (χ1n) is 7.01. The van der Waals surface area contributed by atoms with Gasteiger partial charge in [0.05, 0.1) is 7.11 Å². The first kappa shape index (κ1) is 13.6. The van der Waals surface area contributed by atoms with Crippen LogP contribution in [0.25, 0.3) is 21.8 Å². The van der Waals surface area contributed by atoms with E-state index >= 15 is 0 Å². The molecular weight excluding hydrogens is 264 g/mol. The summed E-state index contributed by atoms with van der Waals surface area (Å²) in [5.41, 5.74) is 9.06. The number of rotatable bonds is 3. The zero-order valence-electron chi connectivity index (χ0n) is 12.2. The third-order valence-corrected chi connectivity index (χ3v) is 3.93. The van der Waals surface area contributed by atoms with Gasteiger partial charge >= 0.3 is 5.97 Å². The maximum absolute atomic E-state index is 11.6. The highest BCUT2D eigenvalue weighted by Gasteiger charge is 2.18. The van der Waals surface area contributed by atoms with Gasteiger partial charge in [0.25, 0.3) is 0 Å². The van der Waals surface area contributed by atoms with Gasteiger partial charge < -0.3 is 15.0 Å². The Morgan fingerprint density at radius 1 is 1.19 bits per heavy atom. The van der Waals surface area contributed by atoms with E-state index in [1.54, 1.807) is 0 Å². The number of aryl methyl sites for hydroxylation is 1. The van der Waals surface area contributed by atoms with E-state index in [4.69, 9.17) is 10.5 Å². The van der Waals surface area contributed by atoms with Gasteiger partial charge in [0.1, 0.15) is 6.04 Å². The van der Waals surface area contributed by atoms with Crippen LogP contribution < -0.4 is 5.73 Å². The lowest BCUT2D eigenvalue weighted by Gasteiger charge is -2.10. The highest BCUT2D eigenvalue weighted by Crippen LogP contribution is 2.30. The number of carbonyl (C=O) groups excluding carboxylic acids is 1. The molecule has 1 heterocycles. The van der Waals surface area contributed by atoms with E-state index < -0.39 is 12.0 Å². The Kier molecular flexibility index (Phi) is 3.39. The van der Waals surface area contributed by atoms with Crippen LogP contribution >= 0.6 is 0 Å². The quantitative estimate of drug-likeness (QED) is 0.751. The lowest BCUT2D eigenvalue weighted by atomic mass is 10.0. The van der Waals surface area contributed by atoms with E-state index in [-0.39, 0.29) is 0 Å². The smallest absolute Gasteiger partial charge is 0.327 e. The molecule has 0 spiro atoms. The molecule has 2 N–H and O–H groups in total. The predicted molar refractivity (Wildman–Crippen MR) is 84.1 cm³/mol. The average Bonchev–Trinajstić information content (AvgIpc) is 2.86. The normalized spacial score (nSPS) is 12.7. The zero-order valence-corrected chi connectivity index (χ0v) is 12.2. The number of benzene rings is 2. The number of aromatic nitrogens is 1. The first-order valence-corrected chi connectivity index (χ1v) is 7.01. The molecule has 0 amide bonds. The summed E-state index contributed by atoms with van der Waals surface area (Å²) in [7, 11) is 1.35. The van der Waals surface area contributed by atoms with Crippen LogP contribution in [0.4, 0.5) is 0 Å². The molecule has 0 saturated heterocycles. The van der Waals surface area contributed by atoms with Crippen LogP contribution in [0.5, 0.6) is 0 Å². The number of methoxy groups -OCH3 is 1. The van der Waals surface area contributed by atoms with Crippen molar-refractivity contribution in [3.05, 3.63) is 48.0 Å². The van der Waals surface area contributed by atoms with Crippen molar-refractivity contribution in [1.82, 2.24) is 4.57 Å². The maximum atomic E-state index is 11.6. The molecule has 0 unspecified atom stereocenters. The Morgan fingerprint density at radius 3 is 2.62 bits per heavy atom. The van der Waals surface area contributed by atoms with Gasteiger partial charge in [-0.05, 0) is 30.7 Å². The van der Waals surface area contributed by atoms with E-state index in [1.165, 1.54) is 18.0 Å². The highest BCUT2D eigenvalue weighted by atomic mass is 16.5. The summed E-state index contributed by atoms with van der Waals surface area (Å²) in [6.07, 6.45) is 0. The van der Waals surface area contributed by atoms with Gasteiger partial charge in [0.2, 0.25) is 0 Å². The number of ether oxygens (including phenoxy) is 1. The summed E-state index contributed by atoms with van der Waals surface area (Å²) in [4.78, 5) is 11.6. The number of hydrogen-bond acceptors (Lipinski definition) is 3. The van der Waals surface area contributed by atoms with Crippen LogP contribution in [-0.2, 0) is 16.1 Å². The molecule has 0 radical (unpaired) electrons. The maximum Gasteiger partial charge on any atom is 0.327 e. The Balaban J connectivity index is 2.26. The first-order chi connectivity index (χ1) is 10.2. The molecule has 21 heavy (non-hydrogen) atoms. The molecule has 3 aromatic rings. The highest BCUT2D eigenvalue weighted by molar-refractivity contribution is 6.08. The van der Waals surface area contributed by atoms with E-state index in [0.717, 1.165) is 23.0 Å². The van der Waals surface area contributed by atoms with Gasteiger partial charge in [-0.3, -0.25) is 4.79 Å². The van der Waals surface area contributed by atoms with E-state index in [2.05, 4.69) is 23.6 Å². The fourth-order valence-corrected chi connectivity index (χ4v) is 2.87. The SMILES string of the molecule is CCn1c2ccccc2c2cc([C@H](N)C(=O)OC)ccc21. The van der Waals surface area contributed by atoms with Crippen LogP contribution in [0.1, 0.15) is 18.5 Å². The van der Waals surface area contributed by atoms with Gasteiger partial charge in [0.15, 0.2) is 0 Å². The third kappa shape index (κ3) is 2.08. The molecule has 0 bridgehead atoms. The number of nitrogens with zero attached hydrogens (tertiary/aromatic N) is 1. The van der Waals surface area contributed by atoms with Crippen molar-refractivity contribution in [2.24, 2.45) is 5.73 Å². The Hall–Kier alpha value is -2.33. The van der Waals surface area contributed by atoms with Gasteiger partial charge in [-0.25, -0.2) is 0 Å². The second kappa shape index (κ2) is 5.22. The number of hydrogen-bond donors (Lipinski definition) is 1. The standard InChI is InChI=1S/C17H18N2O2/c1-3-19-14-7-5-4-6-12(14)13-10-11(8-9-15(13)19)16(18)17(20)21-2/h4-10,16H,3,18H2,1-2H3/t16-/m0/s1. The second-order valence-corrected chi connectivity index (χ2v) is 5.04. The predicted octanol–water partition coefficient (Wildman–Crippen LogP) is 2.99. The van der Waals surface area contributed by atoms with Crippen molar-refractivity contribution in [2.75, 3.05) is 7.11 Å². The Labute approximate surface area is 123 Å². The lowest BCUT2D eigenvalue weighted by molar-refractivity contribution is -0.142. The van der Waals surface area contributed by atoms with Crippen LogP contribution in [-0.4, -0.2) is 17.6 Å². The fraction of sp³-hybridized carbons (Fsp3) is 0.235. The molecule has 3 rings (SSSR count). The molecule has 108 valence electrons. The summed E-state index contributed by atoms with van der Waals surface area (Å²) in [5.74, 6) is -0.423. The Bertz CT molecular complexity index is 820. The molecule has 0 fully saturated rings. The molecule has 0 aliphatic rings. The van der Waals surface area contributed by atoms with Gasteiger partial charge in [-0.1, -0.05) is 24.3 Å². The minimum Gasteiger partial charge on any atom is -0.468 e. The van der Waals surface area contributed by atoms with Crippen LogP contribution in [0.2, 0.25) is 0 Å². The van der Waals surface area contributed by atoms with Crippen molar-refractivity contribution in [2.45, 2.75) is 19.5 Å². The van der Waals surface area contributed by atoms with Crippen LogP contribution in [0.15, 0.2) is 42.5 Å². The van der Waals surface area contributed by atoms with Crippen molar-refractivity contribution >= 4 is 27.8 Å². The van der Waals surface area contributed by atoms with Crippen LogP contribution in [0, 0.1) is 0 Å². The van der Waals surface area contributed by atoms with Gasteiger partial charge in [0, 0.05) is 28.4 Å². The summed E-state index contributed by atoms with van der Waals surface area (Å²) < 4.78 is 6.99. The van der Waals surface area contributed by atoms with Gasteiger partial charge in [-0.15, -0.1) is 0 Å². The number of esters is 1. The molecular formula is C17H18N2O2. The molecule has 4 heteroatoms. The Morgan fingerprint density at radius 2 is 1.90 bits per heavy atom. The lowest BCUT2D eigenvalue weighted by Crippen LogP contribution is -2.22. The zero-order chi connectivity index (χ0) is 15.0. The number of fused-ring (bicyclic) bond motifs is 3. The van der Waals surface area contributed by atoms with E-state index in [9.17, 15) is 4.79 Å². The molecule has 0 aliphatic heterocycles. The second-order valence-electron chi connectivity index (χ2n) is 5.04. The summed E-state index contributed by atoms with van der Waals surface area (Å²) >= 11 is 0. The average molecular weight is 282 g/mol. The van der Waals surface area contributed by atoms with E-state index in [0.29, 0.717) is 0 Å². The van der Waals surface area contributed by atoms with Crippen molar-refractivity contribution < 1.29 is 9.53 Å².